The smallest absolute Gasteiger partial charge is 0.490 e. The number of hydrogen-bond donors (Lipinski definition) is 1. The highest BCUT2D eigenvalue weighted by Crippen LogP contribution is 2.29. The first-order chi connectivity index (χ1) is 11.0. The van der Waals surface area contributed by atoms with Gasteiger partial charge in [0.2, 0.25) is 0 Å². The quantitative estimate of drug-likeness (QED) is 0.586. The molecule has 6 nitrogen and oxygen atoms in total. The standard InChI is InChI=1S/C17H25NO5/c1-5-21-15-11-13(16(19)18-10-9-12(3)4)7-8-14(15)23-17(20)22-6-2/h7-8,11-12H,5-6,9-10H2,1-4H3,(H,18,19). The van der Waals surface area contributed by atoms with E-state index < -0.39 is 6.16 Å². The van der Waals surface area contributed by atoms with Crippen molar-refractivity contribution in [2.75, 3.05) is 19.8 Å². The van der Waals surface area contributed by atoms with Crippen LogP contribution in [0, 0.1) is 5.92 Å². The third-order valence-corrected chi connectivity index (χ3v) is 2.97. The van der Waals surface area contributed by atoms with E-state index in [2.05, 4.69) is 19.2 Å². The minimum absolute atomic E-state index is 0.186. The SMILES string of the molecule is CCOC(=O)Oc1ccc(C(=O)NCCC(C)C)cc1OCC. The van der Waals surface area contributed by atoms with Crippen LogP contribution in [-0.4, -0.2) is 31.8 Å². The molecule has 0 saturated heterocycles. The van der Waals surface area contributed by atoms with Gasteiger partial charge < -0.3 is 19.5 Å². The summed E-state index contributed by atoms with van der Waals surface area (Å²) in [4.78, 5) is 23.5. The van der Waals surface area contributed by atoms with E-state index in [9.17, 15) is 9.59 Å². The van der Waals surface area contributed by atoms with Crippen molar-refractivity contribution in [2.24, 2.45) is 5.92 Å². The summed E-state index contributed by atoms with van der Waals surface area (Å²) in [5.41, 5.74) is 0.452. The van der Waals surface area contributed by atoms with E-state index in [0.29, 0.717) is 30.4 Å². The number of ether oxygens (including phenoxy) is 3. The molecular weight excluding hydrogens is 298 g/mol. The lowest BCUT2D eigenvalue weighted by Gasteiger charge is -2.12. The fraction of sp³-hybridized carbons (Fsp3) is 0.529. The Morgan fingerprint density at radius 2 is 1.87 bits per heavy atom. The van der Waals surface area contributed by atoms with Crippen molar-refractivity contribution in [1.82, 2.24) is 5.32 Å². The average molecular weight is 323 g/mol. The maximum absolute atomic E-state index is 12.1. The van der Waals surface area contributed by atoms with Gasteiger partial charge in [0.25, 0.3) is 5.91 Å². The first-order valence-corrected chi connectivity index (χ1v) is 7.87. The summed E-state index contributed by atoms with van der Waals surface area (Å²) in [6, 6.07) is 4.67. The van der Waals surface area contributed by atoms with Crippen molar-refractivity contribution in [3.63, 3.8) is 0 Å². The zero-order valence-electron chi connectivity index (χ0n) is 14.2. The van der Waals surface area contributed by atoms with E-state index in [1.807, 2.05) is 6.92 Å². The van der Waals surface area contributed by atoms with Crippen LogP contribution in [0.1, 0.15) is 44.5 Å². The third kappa shape index (κ3) is 6.59. The monoisotopic (exact) mass is 323 g/mol. The van der Waals surface area contributed by atoms with Crippen LogP contribution >= 0.6 is 0 Å². The Bertz CT molecular complexity index is 528. The molecule has 0 heterocycles. The van der Waals surface area contributed by atoms with Crippen LogP contribution in [0.15, 0.2) is 18.2 Å². The molecule has 1 amide bonds. The Kier molecular flexibility index (Phi) is 7.94. The predicted molar refractivity (Wildman–Crippen MR) is 87.0 cm³/mol. The lowest BCUT2D eigenvalue weighted by atomic mass is 10.1. The van der Waals surface area contributed by atoms with Crippen LogP contribution in [0.25, 0.3) is 0 Å². The molecule has 0 fully saturated rings. The van der Waals surface area contributed by atoms with E-state index in [-0.39, 0.29) is 18.3 Å². The molecule has 0 saturated carbocycles. The maximum atomic E-state index is 12.1. The van der Waals surface area contributed by atoms with Crippen LogP contribution in [-0.2, 0) is 4.74 Å². The zero-order chi connectivity index (χ0) is 17.2. The van der Waals surface area contributed by atoms with Crippen molar-refractivity contribution in [1.29, 1.82) is 0 Å². The van der Waals surface area contributed by atoms with Crippen molar-refractivity contribution in [3.05, 3.63) is 23.8 Å². The molecule has 0 bridgehead atoms. The third-order valence-electron chi connectivity index (χ3n) is 2.97. The summed E-state index contributed by atoms with van der Waals surface area (Å²) in [5.74, 6) is 0.894. The minimum Gasteiger partial charge on any atom is -0.490 e. The second-order valence-electron chi connectivity index (χ2n) is 5.32. The van der Waals surface area contributed by atoms with Crippen LogP contribution in [0.3, 0.4) is 0 Å². The Hall–Kier alpha value is -2.24. The maximum Gasteiger partial charge on any atom is 0.513 e. The largest absolute Gasteiger partial charge is 0.513 e. The first-order valence-electron chi connectivity index (χ1n) is 7.87. The number of amides is 1. The number of nitrogens with one attached hydrogen (secondary N) is 1. The van der Waals surface area contributed by atoms with Crippen molar-refractivity contribution < 1.29 is 23.8 Å². The van der Waals surface area contributed by atoms with Gasteiger partial charge in [-0.05, 0) is 44.4 Å². The molecule has 1 aromatic rings. The van der Waals surface area contributed by atoms with Gasteiger partial charge in [0, 0.05) is 12.1 Å². The molecule has 23 heavy (non-hydrogen) atoms. The molecule has 128 valence electrons. The second-order valence-corrected chi connectivity index (χ2v) is 5.32. The van der Waals surface area contributed by atoms with Gasteiger partial charge >= 0.3 is 6.16 Å². The number of benzene rings is 1. The van der Waals surface area contributed by atoms with Gasteiger partial charge in [-0.2, -0.15) is 0 Å². The normalized spacial score (nSPS) is 10.3. The van der Waals surface area contributed by atoms with Gasteiger partial charge in [0.15, 0.2) is 11.5 Å². The molecule has 1 aromatic carbocycles. The van der Waals surface area contributed by atoms with E-state index >= 15 is 0 Å². The molecule has 0 atom stereocenters. The number of carbonyl (C=O) groups excluding carboxylic acids is 2. The van der Waals surface area contributed by atoms with E-state index in [1.165, 1.54) is 6.07 Å². The highest BCUT2D eigenvalue weighted by molar-refractivity contribution is 5.95. The van der Waals surface area contributed by atoms with Gasteiger partial charge in [0.1, 0.15) is 0 Å². The number of carbonyl (C=O) groups is 2. The summed E-state index contributed by atoms with van der Waals surface area (Å²) in [6.45, 7) is 8.92. The molecule has 0 radical (unpaired) electrons. The van der Waals surface area contributed by atoms with E-state index in [1.54, 1.807) is 19.1 Å². The molecule has 0 aromatic heterocycles. The van der Waals surface area contributed by atoms with Gasteiger partial charge in [0.05, 0.1) is 13.2 Å². The van der Waals surface area contributed by atoms with Crippen LogP contribution < -0.4 is 14.8 Å². The Morgan fingerprint density at radius 3 is 2.48 bits per heavy atom. The summed E-state index contributed by atoms with van der Waals surface area (Å²) < 4.78 is 15.2. The molecule has 1 N–H and O–H groups in total. The number of hydrogen-bond acceptors (Lipinski definition) is 5. The van der Waals surface area contributed by atoms with Gasteiger partial charge in [-0.1, -0.05) is 13.8 Å². The zero-order valence-corrected chi connectivity index (χ0v) is 14.2. The Labute approximate surface area is 137 Å². The van der Waals surface area contributed by atoms with Crippen molar-refractivity contribution >= 4 is 12.1 Å². The lowest BCUT2D eigenvalue weighted by molar-refractivity contribution is 0.0951. The van der Waals surface area contributed by atoms with E-state index in [4.69, 9.17) is 14.2 Å². The summed E-state index contributed by atoms with van der Waals surface area (Å²) in [6.07, 6.45) is 0.108. The molecule has 0 aliphatic heterocycles. The van der Waals surface area contributed by atoms with Crippen LogP contribution in [0.4, 0.5) is 4.79 Å². The molecule has 1 rings (SSSR count). The Balaban J connectivity index is 2.81. The highest BCUT2D eigenvalue weighted by atomic mass is 16.7. The molecular formula is C17H25NO5. The fourth-order valence-electron chi connectivity index (χ4n) is 1.82. The second kappa shape index (κ2) is 9.71. The van der Waals surface area contributed by atoms with Gasteiger partial charge in [-0.25, -0.2) is 4.79 Å². The summed E-state index contributed by atoms with van der Waals surface area (Å²) in [7, 11) is 0. The lowest BCUT2D eigenvalue weighted by Crippen LogP contribution is -2.25. The van der Waals surface area contributed by atoms with Crippen molar-refractivity contribution in [3.8, 4) is 11.5 Å². The Morgan fingerprint density at radius 1 is 1.13 bits per heavy atom. The predicted octanol–water partition coefficient (Wildman–Crippen LogP) is 3.40. The van der Waals surface area contributed by atoms with Crippen LogP contribution in [0.2, 0.25) is 0 Å². The molecule has 0 aliphatic rings. The number of rotatable bonds is 8. The average Bonchev–Trinajstić information content (AvgIpc) is 2.49. The van der Waals surface area contributed by atoms with Crippen LogP contribution in [0.5, 0.6) is 11.5 Å². The molecule has 0 spiro atoms. The van der Waals surface area contributed by atoms with Gasteiger partial charge in [-0.15, -0.1) is 0 Å². The molecule has 0 aliphatic carbocycles. The minimum atomic E-state index is -0.803. The van der Waals surface area contributed by atoms with Gasteiger partial charge in [-0.3, -0.25) is 4.79 Å². The topological polar surface area (TPSA) is 73.9 Å². The van der Waals surface area contributed by atoms with Crippen molar-refractivity contribution in [2.45, 2.75) is 34.1 Å². The first kappa shape index (κ1) is 18.8. The highest BCUT2D eigenvalue weighted by Gasteiger charge is 2.14. The van der Waals surface area contributed by atoms with E-state index in [0.717, 1.165) is 6.42 Å². The molecule has 0 unspecified atom stereocenters. The molecule has 6 heteroatoms. The summed E-state index contributed by atoms with van der Waals surface area (Å²) in [5, 5.41) is 2.85. The summed E-state index contributed by atoms with van der Waals surface area (Å²) >= 11 is 0. The fourth-order valence-corrected chi connectivity index (χ4v) is 1.82.